The lowest BCUT2D eigenvalue weighted by Crippen LogP contribution is -2.38. The molecular weight excluding hydrogens is 406 g/mol. The Hall–Kier alpha value is -4.01. The highest BCUT2D eigenvalue weighted by molar-refractivity contribution is 7.07. The topological polar surface area (TPSA) is 95.6 Å². The molecular formula is C22H12F2N4OS. The van der Waals surface area contributed by atoms with Gasteiger partial charge in [-0.05, 0) is 41.5 Å². The summed E-state index contributed by atoms with van der Waals surface area (Å²) in [4.78, 5) is 13.0. The van der Waals surface area contributed by atoms with Crippen LogP contribution in [0.5, 0.6) is 0 Å². The van der Waals surface area contributed by atoms with Gasteiger partial charge in [0, 0.05) is 0 Å². The number of allylic oxidation sites excluding steroid dienone is 1. The quantitative estimate of drug-likeness (QED) is 0.690. The molecule has 2 N–H and O–H groups in total. The Morgan fingerprint density at radius 2 is 1.53 bits per heavy atom. The molecule has 146 valence electrons. The third-order valence-corrected chi connectivity index (χ3v) is 5.87. The molecule has 1 atom stereocenters. The van der Waals surface area contributed by atoms with Crippen molar-refractivity contribution in [2.45, 2.75) is 5.92 Å². The van der Waals surface area contributed by atoms with Crippen LogP contribution in [0.3, 0.4) is 0 Å². The smallest absolute Gasteiger partial charge is 0.274 e. The van der Waals surface area contributed by atoms with Crippen molar-refractivity contribution in [1.82, 2.24) is 4.57 Å². The van der Waals surface area contributed by atoms with Crippen LogP contribution in [0.15, 0.2) is 58.9 Å². The molecule has 0 aliphatic carbocycles. The summed E-state index contributed by atoms with van der Waals surface area (Å²) in [6.07, 6.45) is 1.57. The van der Waals surface area contributed by atoms with Crippen molar-refractivity contribution < 1.29 is 8.78 Å². The van der Waals surface area contributed by atoms with E-state index in [-0.39, 0.29) is 21.5 Å². The SMILES string of the molecule is N#CC1=C(N)n2c(s/c(=C/c3ccc(F)cc3)c2=O)=C(C#N)[C@@H]1c1ccc(F)cc1. The van der Waals surface area contributed by atoms with Gasteiger partial charge in [0.2, 0.25) is 0 Å². The van der Waals surface area contributed by atoms with Gasteiger partial charge in [-0.25, -0.2) is 8.78 Å². The first-order valence-corrected chi connectivity index (χ1v) is 9.55. The Morgan fingerprint density at radius 1 is 0.967 bits per heavy atom. The fourth-order valence-corrected chi connectivity index (χ4v) is 4.48. The number of nitriles is 2. The fourth-order valence-electron chi connectivity index (χ4n) is 3.35. The number of rotatable bonds is 2. The number of halogens is 2. The molecule has 1 aliphatic rings. The van der Waals surface area contributed by atoms with Crippen LogP contribution in [0, 0.1) is 34.3 Å². The summed E-state index contributed by atoms with van der Waals surface area (Å²) in [5.74, 6) is -1.73. The zero-order chi connectivity index (χ0) is 21.4. The van der Waals surface area contributed by atoms with Crippen molar-refractivity contribution in [2.24, 2.45) is 5.73 Å². The zero-order valence-electron chi connectivity index (χ0n) is 15.3. The third-order valence-electron chi connectivity index (χ3n) is 4.76. The average Bonchev–Trinajstić information content (AvgIpc) is 3.06. The second kappa shape index (κ2) is 7.43. The van der Waals surface area contributed by atoms with E-state index in [1.807, 2.05) is 6.07 Å². The number of nitrogens with zero attached hydrogens (tertiary/aromatic N) is 3. The maximum Gasteiger partial charge on any atom is 0.274 e. The van der Waals surface area contributed by atoms with Crippen LogP contribution < -0.4 is 20.5 Å². The molecule has 0 fully saturated rings. The van der Waals surface area contributed by atoms with Crippen molar-refractivity contribution in [1.29, 1.82) is 10.5 Å². The minimum absolute atomic E-state index is 0.0406. The largest absolute Gasteiger partial charge is 0.384 e. The number of benzene rings is 2. The van der Waals surface area contributed by atoms with Gasteiger partial charge in [0.25, 0.3) is 5.56 Å². The molecule has 0 bridgehead atoms. The Kier molecular flexibility index (Phi) is 4.78. The number of thiazole rings is 1. The Labute approximate surface area is 173 Å². The van der Waals surface area contributed by atoms with Crippen molar-refractivity contribution in [3.05, 3.63) is 96.4 Å². The molecule has 3 aromatic rings. The van der Waals surface area contributed by atoms with E-state index >= 15 is 0 Å². The van der Waals surface area contributed by atoms with Gasteiger partial charge in [-0.3, -0.25) is 9.36 Å². The van der Waals surface area contributed by atoms with E-state index in [0.29, 0.717) is 15.8 Å². The van der Waals surface area contributed by atoms with Crippen molar-refractivity contribution in [3.8, 4) is 12.1 Å². The van der Waals surface area contributed by atoms with Crippen molar-refractivity contribution >= 4 is 28.8 Å². The van der Waals surface area contributed by atoms with E-state index < -0.39 is 23.1 Å². The van der Waals surface area contributed by atoms with Gasteiger partial charge in [0.15, 0.2) is 0 Å². The molecule has 1 aliphatic heterocycles. The predicted molar refractivity (Wildman–Crippen MR) is 109 cm³/mol. The lowest BCUT2D eigenvalue weighted by atomic mass is 9.84. The first-order chi connectivity index (χ1) is 14.4. The molecule has 0 unspecified atom stereocenters. The molecule has 30 heavy (non-hydrogen) atoms. The van der Waals surface area contributed by atoms with Crippen molar-refractivity contribution in [3.63, 3.8) is 0 Å². The van der Waals surface area contributed by atoms with E-state index in [4.69, 9.17) is 5.73 Å². The van der Waals surface area contributed by atoms with Crippen LogP contribution in [0.1, 0.15) is 17.0 Å². The number of nitrogens with two attached hydrogens (primary N) is 1. The van der Waals surface area contributed by atoms with E-state index in [0.717, 1.165) is 15.9 Å². The molecule has 8 heteroatoms. The summed E-state index contributed by atoms with van der Waals surface area (Å²) in [5, 5.41) is 19.6. The maximum absolute atomic E-state index is 13.4. The van der Waals surface area contributed by atoms with Crippen LogP contribution in [0.4, 0.5) is 8.78 Å². The summed E-state index contributed by atoms with van der Waals surface area (Å²) in [6.45, 7) is 0. The second-order valence-electron chi connectivity index (χ2n) is 6.53. The molecule has 1 aromatic heterocycles. The van der Waals surface area contributed by atoms with Gasteiger partial charge in [0.05, 0.1) is 33.7 Å². The summed E-state index contributed by atoms with van der Waals surface area (Å²) >= 11 is 1.06. The number of hydrogen-bond acceptors (Lipinski definition) is 5. The van der Waals surface area contributed by atoms with E-state index in [1.165, 1.54) is 48.5 Å². The van der Waals surface area contributed by atoms with E-state index in [9.17, 15) is 24.1 Å². The van der Waals surface area contributed by atoms with Crippen LogP contribution in [0.25, 0.3) is 17.5 Å². The normalized spacial score (nSPS) is 16.2. The van der Waals surface area contributed by atoms with Gasteiger partial charge < -0.3 is 5.73 Å². The summed E-state index contributed by atoms with van der Waals surface area (Å²) in [6, 6.07) is 15.1. The summed E-state index contributed by atoms with van der Waals surface area (Å²) < 4.78 is 28.3. The van der Waals surface area contributed by atoms with Gasteiger partial charge in [0.1, 0.15) is 22.1 Å². The molecule has 0 radical (unpaired) electrons. The van der Waals surface area contributed by atoms with Crippen LogP contribution >= 0.6 is 11.3 Å². The monoisotopic (exact) mass is 418 g/mol. The van der Waals surface area contributed by atoms with Gasteiger partial charge in [-0.2, -0.15) is 10.5 Å². The predicted octanol–water partition coefficient (Wildman–Crippen LogP) is 2.14. The molecule has 0 saturated heterocycles. The zero-order valence-corrected chi connectivity index (χ0v) is 16.1. The molecule has 2 heterocycles. The van der Waals surface area contributed by atoms with Gasteiger partial charge in [-0.1, -0.05) is 24.3 Å². The highest BCUT2D eigenvalue weighted by Crippen LogP contribution is 2.35. The highest BCUT2D eigenvalue weighted by Gasteiger charge is 2.32. The van der Waals surface area contributed by atoms with Crippen LogP contribution in [-0.4, -0.2) is 4.57 Å². The maximum atomic E-state index is 13.4. The van der Waals surface area contributed by atoms with Crippen LogP contribution in [0.2, 0.25) is 0 Å². The number of fused-ring (bicyclic) bond motifs is 1. The lowest BCUT2D eigenvalue weighted by Gasteiger charge is -2.22. The Balaban J connectivity index is 2.04. The first kappa shape index (κ1) is 19.3. The number of hydrogen-bond donors (Lipinski definition) is 1. The molecule has 0 amide bonds. The summed E-state index contributed by atoms with van der Waals surface area (Å²) in [7, 11) is 0. The molecule has 5 nitrogen and oxygen atoms in total. The Bertz CT molecular complexity index is 1450. The molecule has 0 spiro atoms. The second-order valence-corrected chi connectivity index (χ2v) is 7.56. The number of aromatic nitrogens is 1. The van der Waals surface area contributed by atoms with E-state index in [1.54, 1.807) is 6.08 Å². The minimum atomic E-state index is -0.808. The van der Waals surface area contributed by atoms with Gasteiger partial charge >= 0.3 is 0 Å². The van der Waals surface area contributed by atoms with E-state index in [2.05, 4.69) is 6.07 Å². The molecule has 4 rings (SSSR count). The highest BCUT2D eigenvalue weighted by atomic mass is 32.1. The third kappa shape index (κ3) is 3.10. The lowest BCUT2D eigenvalue weighted by molar-refractivity contribution is 0.626. The first-order valence-electron chi connectivity index (χ1n) is 8.73. The van der Waals surface area contributed by atoms with Crippen LogP contribution in [-0.2, 0) is 0 Å². The fraction of sp³-hybridized carbons (Fsp3) is 0.0455. The minimum Gasteiger partial charge on any atom is -0.384 e. The average molecular weight is 418 g/mol. The van der Waals surface area contributed by atoms with Crippen molar-refractivity contribution in [2.75, 3.05) is 0 Å². The van der Waals surface area contributed by atoms with Gasteiger partial charge in [-0.15, -0.1) is 11.3 Å². The molecule has 2 aromatic carbocycles. The molecule has 0 saturated carbocycles. The Morgan fingerprint density at radius 3 is 2.10 bits per heavy atom. The standard InChI is InChI=1S/C22H12F2N4OS/c23-14-5-1-12(2-6-14)9-18-21(29)28-20(27)16(10-25)19(17(11-26)22(28)30-18)13-3-7-15(24)8-4-13/h1-9,19H,27H2/b18-9+/t19-/m1/s1. The summed E-state index contributed by atoms with van der Waals surface area (Å²) in [5.41, 5.74) is 7.03.